The minimum atomic E-state index is -0.0354. The first kappa shape index (κ1) is 17.4. The van der Waals surface area contributed by atoms with E-state index in [1.54, 1.807) is 0 Å². The predicted molar refractivity (Wildman–Crippen MR) is 106 cm³/mol. The third kappa shape index (κ3) is 4.23. The van der Waals surface area contributed by atoms with E-state index in [9.17, 15) is 4.79 Å². The van der Waals surface area contributed by atoms with Gasteiger partial charge in [-0.25, -0.2) is 4.79 Å². The van der Waals surface area contributed by atoms with Crippen molar-refractivity contribution in [3.05, 3.63) is 53.6 Å². The number of ether oxygens (including phenoxy) is 2. The molecular weight excluding hydrogens is 342 g/mol. The lowest BCUT2D eigenvalue weighted by Crippen LogP contribution is -2.48. The standard InChI is InChI=1S/C21H23N3O3/c1-23-10-12-24(13-11-23)21(25)22-18-7-4-16(5-8-18)2-3-17-6-9-19-20(14-17)27-15-26-19/h2-9,14H,10-13,15H2,1H3,(H,22,25)/b3-2+. The van der Waals surface area contributed by atoms with Crippen molar-refractivity contribution >= 4 is 23.9 Å². The second kappa shape index (κ2) is 7.72. The molecule has 6 nitrogen and oxygen atoms in total. The second-order valence-electron chi connectivity index (χ2n) is 6.79. The number of benzene rings is 2. The Hall–Kier alpha value is -2.99. The van der Waals surface area contributed by atoms with E-state index in [2.05, 4.69) is 17.3 Å². The summed E-state index contributed by atoms with van der Waals surface area (Å²) in [6, 6.07) is 13.7. The minimum absolute atomic E-state index is 0.0354. The van der Waals surface area contributed by atoms with E-state index in [1.165, 1.54) is 0 Å². The summed E-state index contributed by atoms with van der Waals surface area (Å²) in [4.78, 5) is 16.4. The van der Waals surface area contributed by atoms with Gasteiger partial charge in [0.2, 0.25) is 6.79 Å². The Kier molecular flexibility index (Phi) is 4.98. The zero-order chi connectivity index (χ0) is 18.6. The molecule has 2 aliphatic heterocycles. The number of hydrogen-bond acceptors (Lipinski definition) is 4. The highest BCUT2D eigenvalue weighted by atomic mass is 16.7. The average Bonchev–Trinajstić information content (AvgIpc) is 3.16. The highest BCUT2D eigenvalue weighted by Gasteiger charge is 2.18. The molecule has 0 saturated carbocycles. The number of likely N-dealkylation sites (N-methyl/N-ethyl adjacent to an activating group) is 1. The van der Waals surface area contributed by atoms with Crippen LogP contribution in [0, 0.1) is 0 Å². The van der Waals surface area contributed by atoms with Crippen molar-refractivity contribution in [2.45, 2.75) is 0 Å². The van der Waals surface area contributed by atoms with Gasteiger partial charge < -0.3 is 24.6 Å². The number of urea groups is 1. The number of rotatable bonds is 3. The predicted octanol–water partition coefficient (Wildman–Crippen LogP) is 3.37. The van der Waals surface area contributed by atoms with Crippen molar-refractivity contribution in [1.29, 1.82) is 0 Å². The van der Waals surface area contributed by atoms with Crippen LogP contribution in [0.2, 0.25) is 0 Å². The zero-order valence-corrected chi connectivity index (χ0v) is 15.4. The van der Waals surface area contributed by atoms with E-state index in [0.717, 1.165) is 54.5 Å². The van der Waals surface area contributed by atoms with Crippen LogP contribution in [0.25, 0.3) is 12.2 Å². The second-order valence-corrected chi connectivity index (χ2v) is 6.79. The molecule has 27 heavy (non-hydrogen) atoms. The first-order valence-corrected chi connectivity index (χ1v) is 9.10. The van der Waals surface area contributed by atoms with Gasteiger partial charge in [-0.05, 0) is 42.4 Å². The highest BCUT2D eigenvalue weighted by Crippen LogP contribution is 2.33. The van der Waals surface area contributed by atoms with Gasteiger partial charge in [0.15, 0.2) is 11.5 Å². The van der Waals surface area contributed by atoms with Crippen LogP contribution in [0.4, 0.5) is 10.5 Å². The molecule has 0 aromatic heterocycles. The number of nitrogens with one attached hydrogen (secondary N) is 1. The molecule has 2 aromatic carbocycles. The molecule has 0 aliphatic carbocycles. The largest absolute Gasteiger partial charge is 0.454 e. The van der Waals surface area contributed by atoms with Crippen molar-refractivity contribution in [3.63, 3.8) is 0 Å². The van der Waals surface area contributed by atoms with Gasteiger partial charge in [0.25, 0.3) is 0 Å². The maximum Gasteiger partial charge on any atom is 0.321 e. The number of piperazine rings is 1. The van der Waals surface area contributed by atoms with Crippen molar-refractivity contribution in [2.24, 2.45) is 0 Å². The summed E-state index contributed by atoms with van der Waals surface area (Å²) in [5.74, 6) is 1.56. The van der Waals surface area contributed by atoms with Gasteiger partial charge in [0, 0.05) is 31.9 Å². The van der Waals surface area contributed by atoms with Crippen LogP contribution in [0.5, 0.6) is 11.5 Å². The molecule has 2 aromatic rings. The van der Waals surface area contributed by atoms with Crippen molar-refractivity contribution in [1.82, 2.24) is 9.80 Å². The van der Waals surface area contributed by atoms with Gasteiger partial charge >= 0.3 is 6.03 Å². The van der Waals surface area contributed by atoms with E-state index in [0.29, 0.717) is 0 Å². The number of anilines is 1. The number of carbonyl (C=O) groups is 1. The molecule has 0 unspecified atom stereocenters. The van der Waals surface area contributed by atoms with Gasteiger partial charge in [0.05, 0.1) is 0 Å². The SMILES string of the molecule is CN1CCN(C(=O)Nc2ccc(/C=C/c3ccc4c(c3)OCO4)cc2)CC1. The Morgan fingerprint density at radius 2 is 1.59 bits per heavy atom. The van der Waals surface area contributed by atoms with Crippen LogP contribution in [0.1, 0.15) is 11.1 Å². The molecule has 1 fully saturated rings. The normalized spacial score (nSPS) is 16.7. The molecule has 0 atom stereocenters. The summed E-state index contributed by atoms with van der Waals surface area (Å²) in [6.45, 7) is 3.63. The Balaban J connectivity index is 1.35. The topological polar surface area (TPSA) is 54.0 Å². The lowest BCUT2D eigenvalue weighted by atomic mass is 10.1. The van der Waals surface area contributed by atoms with Crippen molar-refractivity contribution in [3.8, 4) is 11.5 Å². The molecule has 1 N–H and O–H groups in total. The van der Waals surface area contributed by atoms with Gasteiger partial charge in [-0.15, -0.1) is 0 Å². The summed E-state index contributed by atoms with van der Waals surface area (Å²) in [5.41, 5.74) is 2.91. The fourth-order valence-corrected chi connectivity index (χ4v) is 3.10. The van der Waals surface area contributed by atoms with E-state index >= 15 is 0 Å². The maximum absolute atomic E-state index is 12.3. The molecule has 140 valence electrons. The molecule has 0 bridgehead atoms. The van der Waals surface area contributed by atoms with Gasteiger partial charge in [0.1, 0.15) is 0 Å². The number of nitrogens with zero attached hydrogens (tertiary/aromatic N) is 2. The number of carbonyl (C=O) groups excluding carboxylic acids is 1. The van der Waals surface area contributed by atoms with Crippen LogP contribution in [-0.2, 0) is 0 Å². The molecule has 1 saturated heterocycles. The molecule has 2 aliphatic rings. The molecule has 0 spiro atoms. The lowest BCUT2D eigenvalue weighted by Gasteiger charge is -2.32. The smallest absolute Gasteiger partial charge is 0.321 e. The Labute approximate surface area is 159 Å². The summed E-state index contributed by atoms with van der Waals surface area (Å²) < 4.78 is 10.7. The third-order valence-corrected chi connectivity index (χ3v) is 4.82. The molecule has 6 heteroatoms. The van der Waals surface area contributed by atoms with E-state index < -0.39 is 0 Å². The van der Waals surface area contributed by atoms with Crippen LogP contribution < -0.4 is 14.8 Å². The van der Waals surface area contributed by atoms with Crippen LogP contribution in [-0.4, -0.2) is 55.9 Å². The summed E-state index contributed by atoms with van der Waals surface area (Å²) in [5, 5.41) is 2.97. The minimum Gasteiger partial charge on any atom is -0.454 e. The van der Waals surface area contributed by atoms with Crippen molar-refractivity contribution < 1.29 is 14.3 Å². The quantitative estimate of drug-likeness (QED) is 0.848. The van der Waals surface area contributed by atoms with E-state index in [1.807, 2.05) is 59.5 Å². The fraction of sp³-hybridized carbons (Fsp3) is 0.286. The van der Waals surface area contributed by atoms with Gasteiger partial charge in [-0.3, -0.25) is 0 Å². The van der Waals surface area contributed by atoms with Crippen LogP contribution in [0.3, 0.4) is 0 Å². The monoisotopic (exact) mass is 365 g/mol. The number of fused-ring (bicyclic) bond motifs is 1. The molecular formula is C21H23N3O3. The van der Waals surface area contributed by atoms with Crippen LogP contribution in [0.15, 0.2) is 42.5 Å². The molecule has 4 rings (SSSR count). The molecule has 0 radical (unpaired) electrons. The number of hydrogen-bond donors (Lipinski definition) is 1. The highest BCUT2D eigenvalue weighted by molar-refractivity contribution is 5.89. The average molecular weight is 365 g/mol. The summed E-state index contributed by atoms with van der Waals surface area (Å²) in [7, 11) is 2.07. The Bertz CT molecular complexity index is 840. The van der Waals surface area contributed by atoms with E-state index in [-0.39, 0.29) is 12.8 Å². The third-order valence-electron chi connectivity index (χ3n) is 4.82. The Morgan fingerprint density at radius 1 is 0.926 bits per heavy atom. The lowest BCUT2D eigenvalue weighted by molar-refractivity contribution is 0.164. The summed E-state index contributed by atoms with van der Waals surface area (Å²) in [6.07, 6.45) is 4.06. The van der Waals surface area contributed by atoms with Gasteiger partial charge in [-0.2, -0.15) is 0 Å². The molecule has 2 amide bonds. The fourth-order valence-electron chi connectivity index (χ4n) is 3.10. The van der Waals surface area contributed by atoms with Crippen molar-refractivity contribution in [2.75, 3.05) is 45.3 Å². The number of amides is 2. The van der Waals surface area contributed by atoms with Gasteiger partial charge in [-0.1, -0.05) is 30.4 Å². The first-order chi connectivity index (χ1) is 13.2. The van der Waals surface area contributed by atoms with Crippen LogP contribution >= 0.6 is 0 Å². The molecule has 2 heterocycles. The first-order valence-electron chi connectivity index (χ1n) is 9.10. The maximum atomic E-state index is 12.3. The zero-order valence-electron chi connectivity index (χ0n) is 15.4. The van der Waals surface area contributed by atoms with E-state index in [4.69, 9.17) is 9.47 Å². The summed E-state index contributed by atoms with van der Waals surface area (Å²) >= 11 is 0. The Morgan fingerprint density at radius 3 is 2.37 bits per heavy atom.